The van der Waals surface area contributed by atoms with Gasteiger partial charge in [-0.25, -0.2) is 0 Å². The monoisotopic (exact) mass is 252 g/mol. The molecule has 0 aromatic rings. The SMILES string of the molecule is CCCCCO.ClC(Cl)=C(Cl)Cl. The normalized spacial score (nSPS) is 8.50. The summed E-state index contributed by atoms with van der Waals surface area (Å²) >= 11 is 20.0. The van der Waals surface area contributed by atoms with Crippen molar-refractivity contribution in [2.75, 3.05) is 6.61 Å². The van der Waals surface area contributed by atoms with Crippen LogP contribution in [-0.4, -0.2) is 11.7 Å². The number of hydrogen-bond acceptors (Lipinski definition) is 1. The summed E-state index contributed by atoms with van der Waals surface area (Å²) in [7, 11) is 0. The predicted molar refractivity (Wildman–Crippen MR) is 57.0 cm³/mol. The summed E-state index contributed by atoms with van der Waals surface area (Å²) in [5.74, 6) is 0. The van der Waals surface area contributed by atoms with Crippen molar-refractivity contribution in [1.29, 1.82) is 0 Å². The largest absolute Gasteiger partial charge is 0.396 e. The topological polar surface area (TPSA) is 20.2 Å². The predicted octanol–water partition coefficient (Wildman–Crippen LogP) is 4.24. The van der Waals surface area contributed by atoms with E-state index < -0.39 is 0 Å². The van der Waals surface area contributed by atoms with Crippen molar-refractivity contribution >= 4 is 46.4 Å². The number of hydrogen-bond donors (Lipinski definition) is 1. The molecule has 0 aromatic carbocycles. The lowest BCUT2D eigenvalue weighted by Crippen LogP contribution is -1.78. The van der Waals surface area contributed by atoms with E-state index in [4.69, 9.17) is 51.5 Å². The number of aliphatic hydroxyl groups is 1. The Morgan fingerprint density at radius 1 is 1.00 bits per heavy atom. The van der Waals surface area contributed by atoms with Gasteiger partial charge in [0.05, 0.1) is 0 Å². The van der Waals surface area contributed by atoms with E-state index in [9.17, 15) is 0 Å². The second kappa shape index (κ2) is 11.9. The van der Waals surface area contributed by atoms with Gasteiger partial charge in [-0.2, -0.15) is 0 Å². The molecule has 0 atom stereocenters. The van der Waals surface area contributed by atoms with Crippen LogP contribution in [-0.2, 0) is 0 Å². The summed E-state index contributed by atoms with van der Waals surface area (Å²) < 4.78 is -0.198. The van der Waals surface area contributed by atoms with Crippen LogP contribution in [0.2, 0.25) is 0 Å². The summed E-state index contributed by atoms with van der Waals surface area (Å²) in [6, 6.07) is 0. The number of aliphatic hydroxyl groups excluding tert-OH is 1. The van der Waals surface area contributed by atoms with Crippen LogP contribution >= 0.6 is 46.4 Å². The summed E-state index contributed by atoms with van der Waals surface area (Å²) in [5.41, 5.74) is 0. The van der Waals surface area contributed by atoms with E-state index in [-0.39, 0.29) is 8.98 Å². The van der Waals surface area contributed by atoms with E-state index in [1.54, 1.807) is 0 Å². The summed E-state index contributed by atoms with van der Waals surface area (Å²) in [5, 5.41) is 8.20. The molecule has 1 N–H and O–H groups in total. The third kappa shape index (κ3) is 17.1. The first-order valence-corrected chi connectivity index (χ1v) is 5.04. The van der Waals surface area contributed by atoms with Gasteiger partial charge in [0.25, 0.3) is 0 Å². The number of halogens is 4. The van der Waals surface area contributed by atoms with Crippen molar-refractivity contribution in [3.8, 4) is 0 Å². The van der Waals surface area contributed by atoms with E-state index in [1.165, 1.54) is 6.42 Å². The van der Waals surface area contributed by atoms with Gasteiger partial charge in [0.15, 0.2) is 0 Å². The van der Waals surface area contributed by atoms with E-state index >= 15 is 0 Å². The summed E-state index contributed by atoms with van der Waals surface area (Å²) in [6.45, 7) is 2.48. The van der Waals surface area contributed by atoms with E-state index in [2.05, 4.69) is 6.92 Å². The molecule has 74 valence electrons. The van der Waals surface area contributed by atoms with Crippen LogP contribution < -0.4 is 0 Å². The van der Waals surface area contributed by atoms with E-state index in [0.29, 0.717) is 6.61 Å². The van der Waals surface area contributed by atoms with Crippen LogP contribution in [0.25, 0.3) is 0 Å². The highest BCUT2D eigenvalue weighted by Crippen LogP contribution is 2.20. The molecule has 0 radical (unpaired) electrons. The molecular formula is C7H12Cl4O. The van der Waals surface area contributed by atoms with Crippen molar-refractivity contribution in [2.24, 2.45) is 0 Å². The van der Waals surface area contributed by atoms with Crippen LogP contribution in [0.5, 0.6) is 0 Å². The maximum atomic E-state index is 8.20. The third-order valence-corrected chi connectivity index (χ3v) is 2.05. The fourth-order valence-electron chi connectivity index (χ4n) is 0.362. The lowest BCUT2D eigenvalue weighted by atomic mass is 10.3. The molecule has 0 bridgehead atoms. The Morgan fingerprint density at radius 3 is 1.50 bits per heavy atom. The second-order valence-electron chi connectivity index (χ2n) is 1.95. The minimum Gasteiger partial charge on any atom is -0.396 e. The quantitative estimate of drug-likeness (QED) is 0.747. The highest BCUT2D eigenvalue weighted by atomic mass is 35.5. The van der Waals surface area contributed by atoms with Gasteiger partial charge in [0.1, 0.15) is 8.98 Å². The Balaban J connectivity index is 0. The maximum absolute atomic E-state index is 8.20. The average Bonchev–Trinajstić information content (AvgIpc) is 2.02. The average molecular weight is 254 g/mol. The zero-order valence-electron chi connectivity index (χ0n) is 6.79. The summed E-state index contributed by atoms with van der Waals surface area (Å²) in [6.07, 6.45) is 3.33. The molecule has 0 aliphatic heterocycles. The molecule has 0 unspecified atom stereocenters. The minimum atomic E-state index is -0.0988. The highest BCUT2D eigenvalue weighted by molar-refractivity contribution is 6.67. The first-order valence-electron chi connectivity index (χ1n) is 3.53. The second-order valence-corrected chi connectivity index (χ2v) is 3.85. The molecule has 0 saturated carbocycles. The van der Waals surface area contributed by atoms with Gasteiger partial charge in [-0.05, 0) is 6.42 Å². The molecule has 0 amide bonds. The van der Waals surface area contributed by atoms with Gasteiger partial charge in [0.2, 0.25) is 0 Å². The van der Waals surface area contributed by atoms with E-state index in [1.807, 2.05) is 0 Å². The van der Waals surface area contributed by atoms with Crippen LogP contribution in [0, 0.1) is 0 Å². The van der Waals surface area contributed by atoms with Crippen molar-refractivity contribution in [3.63, 3.8) is 0 Å². The van der Waals surface area contributed by atoms with Crippen molar-refractivity contribution < 1.29 is 5.11 Å². The Kier molecular flexibility index (Phi) is 15.2. The van der Waals surface area contributed by atoms with Gasteiger partial charge in [-0.3, -0.25) is 0 Å². The summed E-state index contributed by atoms with van der Waals surface area (Å²) in [4.78, 5) is 0. The molecular weight excluding hydrogens is 242 g/mol. The fourth-order valence-corrected chi connectivity index (χ4v) is 0.362. The van der Waals surface area contributed by atoms with Gasteiger partial charge in [0, 0.05) is 6.61 Å². The zero-order valence-corrected chi connectivity index (χ0v) is 9.81. The van der Waals surface area contributed by atoms with E-state index in [0.717, 1.165) is 12.8 Å². The molecule has 0 heterocycles. The van der Waals surface area contributed by atoms with Gasteiger partial charge < -0.3 is 5.11 Å². The molecule has 0 aliphatic rings. The zero-order chi connectivity index (χ0) is 9.98. The van der Waals surface area contributed by atoms with Crippen molar-refractivity contribution in [1.82, 2.24) is 0 Å². The van der Waals surface area contributed by atoms with Crippen LogP contribution in [0.15, 0.2) is 8.98 Å². The molecule has 0 spiro atoms. The Bertz CT molecular complexity index is 103. The van der Waals surface area contributed by atoms with Crippen LogP contribution in [0.3, 0.4) is 0 Å². The number of rotatable bonds is 3. The number of unbranched alkanes of at least 4 members (excludes halogenated alkanes) is 2. The molecule has 0 saturated heterocycles. The van der Waals surface area contributed by atoms with Crippen LogP contribution in [0.1, 0.15) is 26.2 Å². The Morgan fingerprint density at radius 2 is 1.42 bits per heavy atom. The first kappa shape index (κ1) is 15.3. The van der Waals surface area contributed by atoms with Crippen molar-refractivity contribution in [3.05, 3.63) is 8.98 Å². The first-order chi connectivity index (χ1) is 5.56. The van der Waals surface area contributed by atoms with Gasteiger partial charge in [-0.1, -0.05) is 66.2 Å². The Hall–Kier alpha value is 0.860. The fraction of sp³-hybridized carbons (Fsp3) is 0.714. The third-order valence-electron chi connectivity index (χ3n) is 0.905. The van der Waals surface area contributed by atoms with Gasteiger partial charge >= 0.3 is 0 Å². The molecule has 0 fully saturated rings. The molecule has 12 heavy (non-hydrogen) atoms. The molecule has 1 nitrogen and oxygen atoms in total. The standard InChI is InChI=1S/C5H12O.C2Cl4/c1-2-3-4-5-6;3-1(4)2(5)6/h6H,2-5H2,1H3;. The molecule has 0 aliphatic carbocycles. The smallest absolute Gasteiger partial charge is 0.136 e. The molecule has 0 aromatic heterocycles. The minimum absolute atomic E-state index is 0.0988. The molecule has 5 heteroatoms. The van der Waals surface area contributed by atoms with Crippen LogP contribution in [0.4, 0.5) is 0 Å². The Labute approximate surface area is 93.3 Å². The molecule has 0 rings (SSSR count). The van der Waals surface area contributed by atoms with Crippen molar-refractivity contribution in [2.45, 2.75) is 26.2 Å². The lowest BCUT2D eigenvalue weighted by molar-refractivity contribution is 0.284. The maximum Gasteiger partial charge on any atom is 0.136 e. The highest BCUT2D eigenvalue weighted by Gasteiger charge is 1.88. The van der Waals surface area contributed by atoms with Gasteiger partial charge in [-0.15, -0.1) is 0 Å². The lowest BCUT2D eigenvalue weighted by Gasteiger charge is -1.85.